The van der Waals surface area contributed by atoms with E-state index in [-0.39, 0.29) is 0 Å². The molecule has 0 spiro atoms. The largest absolute Gasteiger partial charge is 0.378 e. The van der Waals surface area contributed by atoms with E-state index in [4.69, 9.17) is 4.74 Å². The van der Waals surface area contributed by atoms with Crippen LogP contribution >= 0.6 is 11.3 Å². The summed E-state index contributed by atoms with van der Waals surface area (Å²) in [6.45, 7) is 1.85. The van der Waals surface area contributed by atoms with Gasteiger partial charge in [-0.15, -0.1) is 11.3 Å². The zero-order valence-electron chi connectivity index (χ0n) is 9.16. The second kappa shape index (κ2) is 5.58. The summed E-state index contributed by atoms with van der Waals surface area (Å²) >= 11 is 1.80. The van der Waals surface area contributed by atoms with Crippen LogP contribution in [0.4, 0.5) is 0 Å². The third kappa shape index (κ3) is 3.26. The van der Waals surface area contributed by atoms with Crippen molar-refractivity contribution in [2.75, 3.05) is 13.7 Å². The van der Waals surface area contributed by atoms with Gasteiger partial charge in [-0.1, -0.05) is 0 Å². The topological polar surface area (TPSA) is 34.2 Å². The Bertz CT molecular complexity index is 295. The molecule has 1 aromatic heterocycles. The SMILES string of the molecule is CNCc1cnc(CC2CCCCO2)s1. The van der Waals surface area contributed by atoms with E-state index in [1.165, 1.54) is 29.1 Å². The van der Waals surface area contributed by atoms with E-state index in [2.05, 4.69) is 10.3 Å². The average molecular weight is 226 g/mol. The van der Waals surface area contributed by atoms with Gasteiger partial charge in [0.1, 0.15) is 0 Å². The molecule has 1 N–H and O–H groups in total. The summed E-state index contributed by atoms with van der Waals surface area (Å²) < 4.78 is 5.70. The minimum atomic E-state index is 0.410. The quantitative estimate of drug-likeness (QED) is 0.852. The van der Waals surface area contributed by atoms with Crippen molar-refractivity contribution in [3.8, 4) is 0 Å². The zero-order chi connectivity index (χ0) is 10.5. The number of aromatic nitrogens is 1. The molecule has 84 valence electrons. The second-order valence-corrected chi connectivity index (χ2v) is 5.14. The van der Waals surface area contributed by atoms with Gasteiger partial charge in [0.15, 0.2) is 0 Å². The highest BCUT2D eigenvalue weighted by Crippen LogP contribution is 2.20. The molecule has 1 atom stereocenters. The molecule has 0 amide bonds. The fourth-order valence-electron chi connectivity index (χ4n) is 1.86. The molecule has 2 heterocycles. The molecule has 1 aliphatic heterocycles. The Morgan fingerprint density at radius 2 is 2.53 bits per heavy atom. The molecule has 1 unspecified atom stereocenters. The number of nitrogens with zero attached hydrogens (tertiary/aromatic N) is 1. The monoisotopic (exact) mass is 226 g/mol. The van der Waals surface area contributed by atoms with E-state index in [0.29, 0.717) is 6.10 Å². The van der Waals surface area contributed by atoms with E-state index >= 15 is 0 Å². The highest BCUT2D eigenvalue weighted by Gasteiger charge is 2.15. The molecule has 0 aromatic carbocycles. The Hall–Kier alpha value is -0.450. The predicted octanol–water partition coefficient (Wildman–Crippen LogP) is 1.97. The van der Waals surface area contributed by atoms with Crippen molar-refractivity contribution < 1.29 is 4.74 Å². The van der Waals surface area contributed by atoms with Gasteiger partial charge in [-0.25, -0.2) is 4.98 Å². The van der Waals surface area contributed by atoms with Gasteiger partial charge in [0.2, 0.25) is 0 Å². The third-order valence-corrected chi connectivity index (χ3v) is 3.65. The minimum absolute atomic E-state index is 0.410. The van der Waals surface area contributed by atoms with Gasteiger partial charge < -0.3 is 10.1 Å². The molecular formula is C11H18N2OS. The van der Waals surface area contributed by atoms with E-state index in [1.54, 1.807) is 11.3 Å². The van der Waals surface area contributed by atoms with Crippen molar-refractivity contribution in [1.82, 2.24) is 10.3 Å². The van der Waals surface area contributed by atoms with Gasteiger partial charge in [0, 0.05) is 30.6 Å². The molecule has 1 aromatic rings. The summed E-state index contributed by atoms with van der Waals surface area (Å²) in [6.07, 6.45) is 7.10. The maximum Gasteiger partial charge on any atom is 0.0954 e. The number of rotatable bonds is 4. The molecule has 0 saturated carbocycles. The lowest BCUT2D eigenvalue weighted by atomic mass is 10.1. The standard InChI is InChI=1S/C11H18N2OS/c1-12-7-10-8-13-11(15-10)6-9-4-2-3-5-14-9/h8-9,12H,2-7H2,1H3. The predicted molar refractivity (Wildman–Crippen MR) is 62.2 cm³/mol. The average Bonchev–Trinajstić information content (AvgIpc) is 2.68. The van der Waals surface area contributed by atoms with E-state index in [9.17, 15) is 0 Å². The molecule has 0 aliphatic carbocycles. The number of thiazole rings is 1. The molecule has 2 rings (SSSR count). The maximum absolute atomic E-state index is 5.70. The van der Waals surface area contributed by atoms with E-state index < -0.39 is 0 Å². The number of ether oxygens (including phenoxy) is 1. The Kier molecular flexibility index (Phi) is 4.11. The maximum atomic E-state index is 5.70. The minimum Gasteiger partial charge on any atom is -0.378 e. The summed E-state index contributed by atoms with van der Waals surface area (Å²) in [5, 5.41) is 4.36. The van der Waals surface area contributed by atoms with Crippen LogP contribution in [-0.4, -0.2) is 24.7 Å². The first-order chi connectivity index (χ1) is 7.38. The molecule has 1 fully saturated rings. The van der Waals surface area contributed by atoms with Gasteiger partial charge >= 0.3 is 0 Å². The zero-order valence-corrected chi connectivity index (χ0v) is 9.98. The number of hydrogen-bond acceptors (Lipinski definition) is 4. The van der Waals surface area contributed by atoms with Crippen LogP contribution in [0.1, 0.15) is 29.1 Å². The van der Waals surface area contributed by atoms with Crippen LogP contribution in [0.15, 0.2) is 6.20 Å². The van der Waals surface area contributed by atoms with Crippen molar-refractivity contribution in [3.63, 3.8) is 0 Å². The highest BCUT2D eigenvalue weighted by molar-refractivity contribution is 7.11. The molecule has 3 nitrogen and oxygen atoms in total. The third-order valence-electron chi connectivity index (χ3n) is 2.63. The summed E-state index contributed by atoms with van der Waals surface area (Å²) in [7, 11) is 1.96. The summed E-state index contributed by atoms with van der Waals surface area (Å²) in [5.41, 5.74) is 0. The summed E-state index contributed by atoms with van der Waals surface area (Å²) in [5.74, 6) is 0. The van der Waals surface area contributed by atoms with Crippen LogP contribution in [0, 0.1) is 0 Å². The Morgan fingerprint density at radius 1 is 1.60 bits per heavy atom. The van der Waals surface area contributed by atoms with Gasteiger partial charge in [0.25, 0.3) is 0 Å². The van der Waals surface area contributed by atoms with Crippen LogP contribution in [-0.2, 0) is 17.7 Å². The molecule has 15 heavy (non-hydrogen) atoms. The molecule has 0 bridgehead atoms. The number of hydrogen-bond donors (Lipinski definition) is 1. The van der Waals surface area contributed by atoms with E-state index in [1.807, 2.05) is 13.2 Å². The van der Waals surface area contributed by atoms with Crippen molar-refractivity contribution >= 4 is 11.3 Å². The molecule has 1 saturated heterocycles. The van der Waals surface area contributed by atoms with Crippen molar-refractivity contribution in [3.05, 3.63) is 16.1 Å². The molecule has 1 aliphatic rings. The van der Waals surface area contributed by atoms with Crippen molar-refractivity contribution in [2.45, 2.75) is 38.3 Å². The molecular weight excluding hydrogens is 208 g/mol. The fourth-order valence-corrected chi connectivity index (χ4v) is 2.86. The van der Waals surface area contributed by atoms with Crippen LogP contribution in [0.2, 0.25) is 0 Å². The summed E-state index contributed by atoms with van der Waals surface area (Å²) in [4.78, 5) is 5.74. The fraction of sp³-hybridized carbons (Fsp3) is 0.727. The Balaban J connectivity index is 1.86. The Labute approximate surface area is 94.9 Å². The smallest absolute Gasteiger partial charge is 0.0954 e. The van der Waals surface area contributed by atoms with Gasteiger partial charge in [0.05, 0.1) is 11.1 Å². The van der Waals surface area contributed by atoms with Crippen molar-refractivity contribution in [2.24, 2.45) is 0 Å². The van der Waals surface area contributed by atoms with Gasteiger partial charge in [-0.2, -0.15) is 0 Å². The molecule has 0 radical (unpaired) electrons. The lowest BCUT2D eigenvalue weighted by Crippen LogP contribution is -2.21. The summed E-state index contributed by atoms with van der Waals surface area (Å²) in [6, 6.07) is 0. The van der Waals surface area contributed by atoms with Gasteiger partial charge in [-0.3, -0.25) is 0 Å². The van der Waals surface area contributed by atoms with Crippen LogP contribution < -0.4 is 5.32 Å². The number of nitrogens with one attached hydrogen (secondary N) is 1. The lowest BCUT2D eigenvalue weighted by Gasteiger charge is -2.21. The molecule has 4 heteroatoms. The van der Waals surface area contributed by atoms with Crippen molar-refractivity contribution in [1.29, 1.82) is 0 Å². The first-order valence-electron chi connectivity index (χ1n) is 5.58. The lowest BCUT2D eigenvalue weighted by molar-refractivity contribution is 0.0168. The van der Waals surface area contributed by atoms with E-state index in [0.717, 1.165) is 19.6 Å². The van der Waals surface area contributed by atoms with Gasteiger partial charge in [-0.05, 0) is 26.3 Å². The second-order valence-electron chi connectivity index (χ2n) is 3.94. The Morgan fingerprint density at radius 3 is 3.27 bits per heavy atom. The first kappa shape index (κ1) is 11.0. The van der Waals surface area contributed by atoms with Crippen LogP contribution in [0.3, 0.4) is 0 Å². The highest BCUT2D eigenvalue weighted by atomic mass is 32.1. The normalized spacial score (nSPS) is 21.8. The van der Waals surface area contributed by atoms with Crippen LogP contribution in [0.5, 0.6) is 0 Å². The first-order valence-corrected chi connectivity index (χ1v) is 6.40. The van der Waals surface area contributed by atoms with Crippen LogP contribution in [0.25, 0.3) is 0 Å².